The van der Waals surface area contributed by atoms with E-state index in [2.05, 4.69) is 20.5 Å². The Hall–Kier alpha value is -3.68. The first kappa shape index (κ1) is 20.6. The van der Waals surface area contributed by atoms with E-state index in [1.165, 1.54) is 0 Å². The maximum absolute atomic E-state index is 12.8. The first-order valence-electron chi connectivity index (χ1n) is 9.46. The molecule has 0 bridgehead atoms. The van der Waals surface area contributed by atoms with Gasteiger partial charge in [-0.25, -0.2) is 4.98 Å². The Morgan fingerprint density at radius 3 is 2.58 bits per heavy atom. The van der Waals surface area contributed by atoms with E-state index in [0.717, 1.165) is 0 Å². The van der Waals surface area contributed by atoms with Gasteiger partial charge >= 0.3 is 0 Å². The molecule has 0 fully saturated rings. The quantitative estimate of drug-likeness (QED) is 0.313. The molecule has 0 aliphatic rings. The van der Waals surface area contributed by atoms with Crippen LogP contribution in [0, 0.1) is 0 Å². The Labute approximate surface area is 183 Å². The molecule has 8 heteroatoms. The van der Waals surface area contributed by atoms with Crippen LogP contribution in [-0.4, -0.2) is 27.9 Å². The van der Waals surface area contributed by atoms with Gasteiger partial charge in [0.05, 0.1) is 23.8 Å². The molecule has 0 spiro atoms. The first-order chi connectivity index (χ1) is 15.0. The highest BCUT2D eigenvalue weighted by atomic mass is 35.5. The Morgan fingerprint density at radius 2 is 1.87 bits per heavy atom. The molecule has 0 radical (unpaired) electrons. The minimum Gasteiger partial charge on any atom is -0.497 e. The summed E-state index contributed by atoms with van der Waals surface area (Å²) in [6.45, 7) is 0. The fourth-order valence-electron chi connectivity index (χ4n) is 3.06. The molecule has 3 N–H and O–H groups in total. The highest BCUT2D eigenvalue weighted by Gasteiger charge is 2.23. The number of fused-ring (bicyclic) bond motifs is 1. The number of anilines is 1. The molecule has 0 saturated heterocycles. The number of benzene rings is 3. The van der Waals surface area contributed by atoms with Crippen molar-refractivity contribution >= 4 is 34.0 Å². The maximum atomic E-state index is 12.8. The number of nitrogens with zero attached hydrogens (tertiary/aromatic N) is 2. The number of para-hydroxylation sites is 1. The predicted octanol–water partition coefficient (Wildman–Crippen LogP) is 4.13. The van der Waals surface area contributed by atoms with Crippen molar-refractivity contribution in [3.05, 3.63) is 99.4 Å². The number of nitrogens with one attached hydrogen (secondary N) is 2. The number of halogens is 1. The molecular formula is C23H19ClN4O3. The van der Waals surface area contributed by atoms with E-state index in [9.17, 15) is 9.90 Å². The summed E-state index contributed by atoms with van der Waals surface area (Å²) in [5, 5.41) is 15.9. The van der Waals surface area contributed by atoms with Gasteiger partial charge in [0.1, 0.15) is 17.6 Å². The molecule has 156 valence electrons. The Morgan fingerprint density at radius 1 is 1.13 bits per heavy atom. The van der Waals surface area contributed by atoms with Gasteiger partial charge in [-0.15, -0.1) is 0 Å². The fourth-order valence-corrected chi connectivity index (χ4v) is 3.23. The van der Waals surface area contributed by atoms with E-state index >= 15 is 0 Å². The van der Waals surface area contributed by atoms with Crippen LogP contribution in [0.5, 0.6) is 5.75 Å². The summed E-state index contributed by atoms with van der Waals surface area (Å²) < 4.78 is 5.17. The van der Waals surface area contributed by atoms with Crippen LogP contribution in [0.2, 0.25) is 5.02 Å². The van der Waals surface area contributed by atoms with Crippen molar-refractivity contribution in [2.24, 2.45) is 5.10 Å². The van der Waals surface area contributed by atoms with Crippen molar-refractivity contribution in [3.63, 3.8) is 0 Å². The van der Waals surface area contributed by atoms with Crippen LogP contribution in [-0.2, 0) is 0 Å². The van der Waals surface area contributed by atoms with Gasteiger partial charge in [-0.05, 0) is 48.0 Å². The SMILES string of the molecule is COc1ccc([C@H](O)/C(=N/Nc2ccccc2)c2nc3ccc(Cl)cc3[nH]c2=O)cc1. The topological polar surface area (TPSA) is 99.6 Å². The normalized spacial score (nSPS) is 12.5. The molecule has 1 heterocycles. The summed E-state index contributed by atoms with van der Waals surface area (Å²) in [5.74, 6) is 0.649. The van der Waals surface area contributed by atoms with Gasteiger partial charge in [0.25, 0.3) is 5.56 Å². The summed E-state index contributed by atoms with van der Waals surface area (Å²) in [6, 6.07) is 21.1. The summed E-state index contributed by atoms with van der Waals surface area (Å²) in [6.07, 6.45) is -1.21. The number of H-pyrrole nitrogens is 1. The summed E-state index contributed by atoms with van der Waals surface area (Å²) in [5.41, 5.74) is 4.73. The first-order valence-corrected chi connectivity index (χ1v) is 9.83. The summed E-state index contributed by atoms with van der Waals surface area (Å²) in [7, 11) is 1.56. The number of aliphatic hydroxyl groups excluding tert-OH is 1. The van der Waals surface area contributed by atoms with Crippen molar-refractivity contribution in [2.45, 2.75) is 6.10 Å². The summed E-state index contributed by atoms with van der Waals surface area (Å²) in [4.78, 5) is 20.0. The molecule has 0 unspecified atom stereocenters. The van der Waals surface area contributed by atoms with Crippen LogP contribution in [0.1, 0.15) is 17.4 Å². The number of aliphatic hydroxyl groups is 1. The Balaban J connectivity index is 1.81. The van der Waals surface area contributed by atoms with E-state index in [0.29, 0.717) is 33.1 Å². The van der Waals surface area contributed by atoms with Crippen LogP contribution < -0.4 is 15.7 Å². The van der Waals surface area contributed by atoms with E-state index < -0.39 is 11.7 Å². The second kappa shape index (κ2) is 8.99. The average molecular weight is 435 g/mol. The molecule has 7 nitrogen and oxygen atoms in total. The van der Waals surface area contributed by atoms with E-state index in [1.807, 2.05) is 30.3 Å². The lowest BCUT2D eigenvalue weighted by Crippen LogP contribution is -2.26. The molecule has 0 aliphatic heterocycles. The van der Waals surface area contributed by atoms with Gasteiger partial charge in [-0.1, -0.05) is 41.9 Å². The number of methoxy groups -OCH3 is 1. The number of ether oxygens (including phenoxy) is 1. The predicted molar refractivity (Wildman–Crippen MR) is 122 cm³/mol. The average Bonchev–Trinajstić information content (AvgIpc) is 2.80. The second-order valence-electron chi connectivity index (χ2n) is 6.73. The van der Waals surface area contributed by atoms with Gasteiger partial charge in [0.15, 0.2) is 5.69 Å². The zero-order chi connectivity index (χ0) is 21.8. The highest BCUT2D eigenvalue weighted by Crippen LogP contribution is 2.22. The molecular weight excluding hydrogens is 416 g/mol. The zero-order valence-electron chi connectivity index (χ0n) is 16.5. The van der Waals surface area contributed by atoms with Crippen molar-refractivity contribution in [1.29, 1.82) is 0 Å². The number of aromatic nitrogens is 2. The van der Waals surface area contributed by atoms with Crippen molar-refractivity contribution in [2.75, 3.05) is 12.5 Å². The monoisotopic (exact) mass is 434 g/mol. The van der Waals surface area contributed by atoms with Gasteiger partial charge in [-0.2, -0.15) is 5.10 Å². The van der Waals surface area contributed by atoms with Gasteiger partial charge in [0, 0.05) is 5.02 Å². The minimum absolute atomic E-state index is 0.00146. The number of hydrogen-bond donors (Lipinski definition) is 3. The van der Waals surface area contributed by atoms with Crippen molar-refractivity contribution in [3.8, 4) is 5.75 Å². The Bertz CT molecular complexity index is 1290. The molecule has 0 saturated carbocycles. The van der Waals surface area contributed by atoms with E-state index in [-0.39, 0.29) is 11.4 Å². The van der Waals surface area contributed by atoms with E-state index in [4.69, 9.17) is 16.3 Å². The van der Waals surface area contributed by atoms with E-state index in [1.54, 1.807) is 49.6 Å². The lowest BCUT2D eigenvalue weighted by molar-refractivity contribution is 0.247. The highest BCUT2D eigenvalue weighted by molar-refractivity contribution is 6.31. The molecule has 4 rings (SSSR count). The van der Waals surface area contributed by atoms with Crippen LogP contribution >= 0.6 is 11.6 Å². The number of hydrazone groups is 1. The second-order valence-corrected chi connectivity index (χ2v) is 7.16. The maximum Gasteiger partial charge on any atom is 0.276 e. The van der Waals surface area contributed by atoms with Crippen molar-refractivity contribution in [1.82, 2.24) is 9.97 Å². The lowest BCUT2D eigenvalue weighted by atomic mass is 10.0. The molecule has 4 aromatic rings. The molecule has 1 aromatic heterocycles. The molecule has 31 heavy (non-hydrogen) atoms. The third kappa shape index (κ3) is 4.58. The Kier molecular flexibility index (Phi) is 5.97. The van der Waals surface area contributed by atoms with Gasteiger partial charge < -0.3 is 14.8 Å². The molecule has 0 amide bonds. The lowest BCUT2D eigenvalue weighted by Gasteiger charge is -2.15. The molecule has 3 aromatic carbocycles. The fraction of sp³-hybridized carbons (Fsp3) is 0.0870. The number of hydrogen-bond acceptors (Lipinski definition) is 6. The standard InChI is InChI=1S/C23H19ClN4O3/c1-31-17-10-7-14(8-11-17)22(29)20(28-27-16-5-3-2-4-6-16)21-23(30)26-19-13-15(24)9-12-18(19)25-21/h2-13,22,27,29H,1H3,(H,26,30)/b28-20+/t22-/m0/s1. The minimum atomic E-state index is -1.21. The van der Waals surface area contributed by atoms with Crippen molar-refractivity contribution < 1.29 is 9.84 Å². The zero-order valence-corrected chi connectivity index (χ0v) is 17.3. The number of rotatable bonds is 6. The summed E-state index contributed by atoms with van der Waals surface area (Å²) >= 11 is 6.01. The largest absolute Gasteiger partial charge is 0.497 e. The third-order valence-electron chi connectivity index (χ3n) is 4.67. The van der Waals surface area contributed by atoms with Gasteiger partial charge in [0.2, 0.25) is 0 Å². The number of aromatic amines is 1. The van der Waals surface area contributed by atoms with Crippen LogP contribution in [0.4, 0.5) is 5.69 Å². The molecule has 1 atom stereocenters. The van der Waals surface area contributed by atoms with Crippen LogP contribution in [0.25, 0.3) is 11.0 Å². The third-order valence-corrected chi connectivity index (χ3v) is 4.90. The molecule has 0 aliphatic carbocycles. The van der Waals surface area contributed by atoms with Gasteiger partial charge in [-0.3, -0.25) is 10.2 Å². The smallest absolute Gasteiger partial charge is 0.276 e. The van der Waals surface area contributed by atoms with Crippen LogP contribution in [0.3, 0.4) is 0 Å². The van der Waals surface area contributed by atoms with Crippen LogP contribution in [0.15, 0.2) is 82.7 Å².